The van der Waals surface area contributed by atoms with E-state index in [4.69, 9.17) is 5.11 Å². The summed E-state index contributed by atoms with van der Waals surface area (Å²) in [5, 5.41) is 8.96. The topological polar surface area (TPSA) is 20.2 Å². The molecule has 1 heterocycles. The molecule has 0 aromatic carbocycles. The molecule has 0 bridgehead atoms. The van der Waals surface area contributed by atoms with Crippen molar-refractivity contribution in [2.24, 2.45) is 0 Å². The Hall–Kier alpha value is 1.49. The summed E-state index contributed by atoms with van der Waals surface area (Å²) in [7, 11) is 0. The number of alkyl halides is 2. The van der Waals surface area contributed by atoms with Crippen LogP contribution in [0.25, 0.3) is 0 Å². The first-order valence-corrected chi connectivity index (χ1v) is 5.90. The molecule has 10 heavy (non-hydrogen) atoms. The van der Waals surface area contributed by atoms with Crippen LogP contribution in [-0.2, 0) is 0 Å². The molecular formula is C5H5Br3OS. The summed E-state index contributed by atoms with van der Waals surface area (Å²) in [6.07, 6.45) is 2.01. The fourth-order valence-corrected chi connectivity index (χ4v) is 5.04. The van der Waals surface area contributed by atoms with Crippen molar-refractivity contribution in [3.63, 3.8) is 0 Å². The smallest absolute Gasteiger partial charge is 0.115 e. The predicted molar refractivity (Wildman–Crippen MR) is 56.1 cm³/mol. The van der Waals surface area contributed by atoms with Gasteiger partial charge in [-0.15, -0.1) is 0 Å². The zero-order valence-electron chi connectivity index (χ0n) is 4.85. The second kappa shape index (κ2) is 3.47. The van der Waals surface area contributed by atoms with E-state index < -0.39 is 0 Å². The highest BCUT2D eigenvalue weighted by Crippen LogP contribution is 2.51. The molecule has 0 aliphatic carbocycles. The first-order chi connectivity index (χ1) is 4.58. The summed E-state index contributed by atoms with van der Waals surface area (Å²) in [5.74, 6) is 0. The Morgan fingerprint density at radius 3 is 2.60 bits per heavy atom. The second-order valence-corrected chi connectivity index (χ2v) is 7.60. The lowest BCUT2D eigenvalue weighted by atomic mass is 10.3. The standard InChI is InChI=1S/C5H5Br3OS/c6-3-1-4(7)10-5(3,8)2-9/h1,3,9H,2H2. The highest BCUT2D eigenvalue weighted by atomic mass is 79.9. The highest BCUT2D eigenvalue weighted by Gasteiger charge is 2.39. The van der Waals surface area contributed by atoms with E-state index in [1.165, 1.54) is 0 Å². The molecule has 0 aromatic rings. The molecule has 0 radical (unpaired) electrons. The SMILES string of the molecule is OCC1(Br)SC(Br)=CC1Br. The number of halogens is 3. The number of thioether (sulfide) groups is 1. The van der Waals surface area contributed by atoms with Gasteiger partial charge in [0.2, 0.25) is 0 Å². The molecule has 0 spiro atoms. The van der Waals surface area contributed by atoms with Crippen LogP contribution in [-0.4, -0.2) is 20.2 Å². The summed E-state index contributed by atoms with van der Waals surface area (Å²) in [6, 6.07) is 0. The molecule has 1 nitrogen and oxygen atoms in total. The summed E-state index contributed by atoms with van der Waals surface area (Å²) in [6.45, 7) is 0.110. The van der Waals surface area contributed by atoms with Crippen molar-refractivity contribution >= 4 is 59.6 Å². The van der Waals surface area contributed by atoms with E-state index in [9.17, 15) is 0 Å². The second-order valence-electron chi connectivity index (χ2n) is 1.92. The normalized spacial score (nSPS) is 40.0. The van der Waals surface area contributed by atoms with Crippen LogP contribution >= 0.6 is 59.6 Å². The van der Waals surface area contributed by atoms with Crippen molar-refractivity contribution < 1.29 is 5.11 Å². The summed E-state index contributed by atoms with van der Waals surface area (Å²) < 4.78 is 0.784. The predicted octanol–water partition coefficient (Wildman–Crippen LogP) is 2.82. The van der Waals surface area contributed by atoms with E-state index in [0.717, 1.165) is 3.81 Å². The molecule has 1 rings (SSSR count). The molecule has 1 N–H and O–H groups in total. The number of aliphatic hydroxyl groups excluding tert-OH is 1. The Morgan fingerprint density at radius 2 is 2.40 bits per heavy atom. The minimum absolute atomic E-state index is 0.110. The molecule has 0 aromatic heterocycles. The molecular weight excluding hydrogens is 348 g/mol. The fourth-order valence-electron chi connectivity index (χ4n) is 0.611. The third-order valence-corrected chi connectivity index (χ3v) is 6.17. The number of hydrogen-bond donors (Lipinski definition) is 1. The molecule has 2 unspecified atom stereocenters. The van der Waals surface area contributed by atoms with Crippen molar-refractivity contribution in [1.29, 1.82) is 0 Å². The first kappa shape index (κ1) is 9.58. The minimum atomic E-state index is -0.272. The van der Waals surface area contributed by atoms with Gasteiger partial charge >= 0.3 is 0 Å². The van der Waals surface area contributed by atoms with Gasteiger partial charge in [0.15, 0.2) is 0 Å². The number of allylic oxidation sites excluding steroid dienone is 1. The number of rotatable bonds is 1. The molecule has 58 valence electrons. The number of hydrogen-bond acceptors (Lipinski definition) is 2. The van der Waals surface area contributed by atoms with Crippen LogP contribution in [0.3, 0.4) is 0 Å². The van der Waals surface area contributed by atoms with E-state index in [2.05, 4.69) is 47.8 Å². The molecule has 0 saturated carbocycles. The van der Waals surface area contributed by atoms with Crippen LogP contribution in [0.15, 0.2) is 9.89 Å². The lowest BCUT2D eigenvalue weighted by molar-refractivity contribution is 0.290. The van der Waals surface area contributed by atoms with Gasteiger partial charge in [-0.05, 0) is 22.0 Å². The summed E-state index contributed by atoms with van der Waals surface area (Å²) in [4.78, 5) is 0.185. The van der Waals surface area contributed by atoms with Crippen LogP contribution in [0.4, 0.5) is 0 Å². The minimum Gasteiger partial charge on any atom is -0.394 e. The third-order valence-electron chi connectivity index (χ3n) is 1.17. The van der Waals surface area contributed by atoms with E-state index in [1.54, 1.807) is 11.8 Å². The summed E-state index contributed by atoms with van der Waals surface area (Å²) in [5.41, 5.74) is 0. The maximum Gasteiger partial charge on any atom is 0.115 e. The Morgan fingerprint density at radius 1 is 1.80 bits per heavy atom. The lowest BCUT2D eigenvalue weighted by Crippen LogP contribution is -2.27. The monoisotopic (exact) mass is 350 g/mol. The van der Waals surface area contributed by atoms with Crippen molar-refractivity contribution in [2.45, 2.75) is 8.48 Å². The van der Waals surface area contributed by atoms with Gasteiger partial charge in [-0.1, -0.05) is 43.6 Å². The Bertz CT molecular complexity index is 172. The van der Waals surface area contributed by atoms with Gasteiger partial charge in [-0.2, -0.15) is 0 Å². The maximum absolute atomic E-state index is 8.96. The fraction of sp³-hybridized carbons (Fsp3) is 0.600. The van der Waals surface area contributed by atoms with Crippen molar-refractivity contribution in [3.8, 4) is 0 Å². The first-order valence-electron chi connectivity index (χ1n) is 2.58. The summed E-state index contributed by atoms with van der Waals surface area (Å²) >= 11 is 11.8. The molecule has 0 amide bonds. The van der Waals surface area contributed by atoms with Crippen molar-refractivity contribution in [3.05, 3.63) is 9.89 Å². The Balaban J connectivity index is 2.70. The van der Waals surface area contributed by atoms with Crippen LogP contribution in [0.5, 0.6) is 0 Å². The zero-order valence-corrected chi connectivity index (χ0v) is 10.4. The molecule has 5 heteroatoms. The van der Waals surface area contributed by atoms with Crippen molar-refractivity contribution in [2.75, 3.05) is 6.61 Å². The molecule has 0 fully saturated rings. The largest absolute Gasteiger partial charge is 0.394 e. The van der Waals surface area contributed by atoms with Crippen LogP contribution < -0.4 is 0 Å². The lowest BCUT2D eigenvalue weighted by Gasteiger charge is -2.21. The quantitative estimate of drug-likeness (QED) is 0.732. The Labute approximate surface area is 89.0 Å². The molecule has 1 aliphatic rings. The highest BCUT2D eigenvalue weighted by molar-refractivity contribution is 9.16. The zero-order chi connectivity index (χ0) is 7.78. The van der Waals surface area contributed by atoms with Crippen LogP contribution in [0.1, 0.15) is 0 Å². The van der Waals surface area contributed by atoms with Gasteiger partial charge in [0, 0.05) is 3.81 Å². The average molecular weight is 353 g/mol. The van der Waals surface area contributed by atoms with Gasteiger partial charge in [0.1, 0.15) is 3.66 Å². The van der Waals surface area contributed by atoms with Crippen LogP contribution in [0.2, 0.25) is 0 Å². The van der Waals surface area contributed by atoms with Gasteiger partial charge in [0.05, 0.1) is 11.4 Å². The van der Waals surface area contributed by atoms with E-state index in [0.29, 0.717) is 0 Å². The van der Waals surface area contributed by atoms with Crippen LogP contribution in [0, 0.1) is 0 Å². The molecule has 0 saturated heterocycles. The third kappa shape index (κ3) is 1.80. The average Bonchev–Trinajstić information content (AvgIpc) is 2.09. The number of aliphatic hydroxyl groups is 1. The van der Waals surface area contributed by atoms with Gasteiger partial charge in [-0.25, -0.2) is 0 Å². The van der Waals surface area contributed by atoms with E-state index in [1.807, 2.05) is 6.08 Å². The molecule has 1 aliphatic heterocycles. The van der Waals surface area contributed by atoms with E-state index in [-0.39, 0.29) is 15.1 Å². The van der Waals surface area contributed by atoms with Gasteiger partial charge in [0.25, 0.3) is 0 Å². The molecule has 2 atom stereocenters. The van der Waals surface area contributed by atoms with Gasteiger partial charge < -0.3 is 5.11 Å². The van der Waals surface area contributed by atoms with Gasteiger partial charge in [-0.3, -0.25) is 0 Å². The van der Waals surface area contributed by atoms with E-state index >= 15 is 0 Å². The maximum atomic E-state index is 8.96. The van der Waals surface area contributed by atoms with Crippen molar-refractivity contribution in [1.82, 2.24) is 0 Å². The Kier molecular flexibility index (Phi) is 3.33.